The SMILES string of the molecule is COC(=O)c1cccc(N2CC(Oc3ccc(NC(=O)Cc4cccnc4)c(F)c3)C2)c1-n1cccc1. The number of anilines is 2. The number of hydrogen-bond acceptors (Lipinski definition) is 6. The molecule has 1 aliphatic heterocycles. The lowest BCUT2D eigenvalue weighted by Crippen LogP contribution is -2.54. The van der Waals surface area contributed by atoms with E-state index in [1.807, 2.05) is 41.2 Å². The van der Waals surface area contributed by atoms with E-state index in [0.29, 0.717) is 24.4 Å². The van der Waals surface area contributed by atoms with Crippen LogP contribution in [0.5, 0.6) is 5.75 Å². The largest absolute Gasteiger partial charge is 0.487 e. The molecule has 0 spiro atoms. The zero-order valence-electron chi connectivity index (χ0n) is 20.1. The Morgan fingerprint density at radius 1 is 1.08 bits per heavy atom. The summed E-state index contributed by atoms with van der Waals surface area (Å²) in [5.74, 6) is -0.944. The van der Waals surface area contributed by atoms with Crippen LogP contribution in [0.1, 0.15) is 15.9 Å². The molecule has 1 saturated heterocycles. The van der Waals surface area contributed by atoms with Crippen molar-refractivity contribution in [1.82, 2.24) is 9.55 Å². The van der Waals surface area contributed by atoms with Crippen molar-refractivity contribution >= 4 is 23.3 Å². The first kappa shape index (κ1) is 24.1. The summed E-state index contributed by atoms with van der Waals surface area (Å²) in [6, 6.07) is 17.2. The van der Waals surface area contributed by atoms with E-state index >= 15 is 0 Å². The van der Waals surface area contributed by atoms with Crippen LogP contribution in [-0.4, -0.2) is 47.7 Å². The zero-order chi connectivity index (χ0) is 25.8. The van der Waals surface area contributed by atoms with Gasteiger partial charge >= 0.3 is 5.97 Å². The molecule has 0 unspecified atom stereocenters. The van der Waals surface area contributed by atoms with E-state index < -0.39 is 11.8 Å². The van der Waals surface area contributed by atoms with Gasteiger partial charge in [0.05, 0.1) is 49.2 Å². The van der Waals surface area contributed by atoms with Crippen LogP contribution >= 0.6 is 0 Å². The Balaban J connectivity index is 1.23. The van der Waals surface area contributed by atoms with Crippen LogP contribution in [0, 0.1) is 5.82 Å². The Hall–Kier alpha value is -4.66. The number of ether oxygens (including phenoxy) is 2. The van der Waals surface area contributed by atoms with Gasteiger partial charge in [0.1, 0.15) is 17.7 Å². The number of para-hydroxylation sites is 1. The van der Waals surface area contributed by atoms with Crippen LogP contribution in [0.2, 0.25) is 0 Å². The number of carbonyl (C=O) groups is 2. The van der Waals surface area contributed by atoms with Crippen LogP contribution in [-0.2, 0) is 16.0 Å². The molecule has 0 aliphatic carbocycles. The molecule has 0 atom stereocenters. The maximum atomic E-state index is 14.7. The third kappa shape index (κ3) is 5.30. The van der Waals surface area contributed by atoms with Gasteiger partial charge in [0, 0.05) is 30.9 Å². The van der Waals surface area contributed by atoms with Crippen molar-refractivity contribution in [2.24, 2.45) is 0 Å². The molecule has 0 radical (unpaired) electrons. The number of esters is 1. The van der Waals surface area contributed by atoms with Gasteiger partial charge < -0.3 is 24.3 Å². The maximum Gasteiger partial charge on any atom is 0.340 e. The number of nitrogens with one attached hydrogen (secondary N) is 1. The highest BCUT2D eigenvalue weighted by Crippen LogP contribution is 2.33. The van der Waals surface area contributed by atoms with Gasteiger partial charge in [-0.1, -0.05) is 12.1 Å². The molecule has 1 N–H and O–H groups in total. The van der Waals surface area contributed by atoms with Gasteiger partial charge in [0.15, 0.2) is 0 Å². The molecule has 1 amide bonds. The normalized spacial score (nSPS) is 13.1. The van der Waals surface area contributed by atoms with E-state index in [1.165, 1.54) is 19.2 Å². The number of rotatable bonds is 8. The van der Waals surface area contributed by atoms with Gasteiger partial charge in [-0.2, -0.15) is 0 Å². The number of halogens is 1. The van der Waals surface area contributed by atoms with Crippen molar-refractivity contribution in [3.63, 3.8) is 0 Å². The van der Waals surface area contributed by atoms with Crippen molar-refractivity contribution in [1.29, 1.82) is 0 Å². The van der Waals surface area contributed by atoms with E-state index in [-0.39, 0.29) is 24.1 Å². The molecule has 1 aliphatic rings. The first-order chi connectivity index (χ1) is 18.0. The van der Waals surface area contributed by atoms with Crippen LogP contribution in [0.25, 0.3) is 5.69 Å². The maximum absolute atomic E-state index is 14.7. The summed E-state index contributed by atoms with van der Waals surface area (Å²) in [5, 5.41) is 2.59. The summed E-state index contributed by atoms with van der Waals surface area (Å²) >= 11 is 0. The minimum atomic E-state index is -0.575. The Morgan fingerprint density at radius 2 is 1.89 bits per heavy atom. The molecule has 5 rings (SSSR count). The second-order valence-corrected chi connectivity index (χ2v) is 8.63. The molecule has 0 bridgehead atoms. The van der Waals surface area contributed by atoms with E-state index in [9.17, 15) is 14.0 Å². The lowest BCUT2D eigenvalue weighted by molar-refractivity contribution is -0.115. The Kier molecular flexibility index (Phi) is 6.85. The van der Waals surface area contributed by atoms with Gasteiger partial charge in [-0.25, -0.2) is 9.18 Å². The minimum Gasteiger partial charge on any atom is -0.487 e. The number of methoxy groups -OCH3 is 1. The molecular formula is C28H25FN4O4. The van der Waals surface area contributed by atoms with Gasteiger partial charge in [0.25, 0.3) is 0 Å². The number of aromatic nitrogens is 2. The molecule has 0 saturated carbocycles. The average molecular weight is 501 g/mol. The van der Waals surface area contributed by atoms with Crippen molar-refractivity contribution in [3.05, 3.63) is 102 Å². The van der Waals surface area contributed by atoms with Crippen molar-refractivity contribution in [2.75, 3.05) is 30.4 Å². The molecule has 1 fully saturated rings. The van der Waals surface area contributed by atoms with E-state index in [1.54, 1.807) is 36.7 Å². The van der Waals surface area contributed by atoms with E-state index in [2.05, 4.69) is 15.2 Å². The lowest BCUT2D eigenvalue weighted by atomic mass is 10.1. The summed E-state index contributed by atoms with van der Waals surface area (Å²) in [5.41, 5.74) is 2.90. The van der Waals surface area contributed by atoms with E-state index in [4.69, 9.17) is 9.47 Å². The first-order valence-corrected chi connectivity index (χ1v) is 11.8. The van der Waals surface area contributed by atoms with Crippen LogP contribution in [0.4, 0.5) is 15.8 Å². The monoisotopic (exact) mass is 500 g/mol. The molecule has 188 valence electrons. The van der Waals surface area contributed by atoms with E-state index in [0.717, 1.165) is 16.9 Å². The minimum absolute atomic E-state index is 0.0902. The highest BCUT2D eigenvalue weighted by atomic mass is 19.1. The molecule has 37 heavy (non-hydrogen) atoms. The number of pyridine rings is 1. The molecule has 3 heterocycles. The standard InChI is InChI=1S/C28H25FN4O4/c1-36-28(35)22-7-4-8-25(27(22)32-12-2-3-13-32)33-17-21(18-33)37-20-9-10-24(23(29)15-20)31-26(34)14-19-6-5-11-30-16-19/h2-13,15-16,21H,14,17-18H2,1H3,(H,31,34). The summed E-state index contributed by atoms with van der Waals surface area (Å²) in [6.07, 6.45) is 6.91. The second-order valence-electron chi connectivity index (χ2n) is 8.63. The van der Waals surface area contributed by atoms with Gasteiger partial charge in [-0.15, -0.1) is 0 Å². The number of amides is 1. The number of benzene rings is 2. The second kappa shape index (κ2) is 10.5. The smallest absolute Gasteiger partial charge is 0.340 e. The van der Waals surface area contributed by atoms with Crippen molar-refractivity contribution in [2.45, 2.75) is 12.5 Å². The van der Waals surface area contributed by atoms with Gasteiger partial charge in [0.2, 0.25) is 5.91 Å². The Morgan fingerprint density at radius 3 is 2.59 bits per heavy atom. The topological polar surface area (TPSA) is 85.7 Å². The summed E-state index contributed by atoms with van der Waals surface area (Å²) in [4.78, 5) is 30.7. The number of nitrogens with zero attached hydrogens (tertiary/aromatic N) is 3. The number of carbonyl (C=O) groups excluding carboxylic acids is 2. The van der Waals surface area contributed by atoms with Gasteiger partial charge in [-0.05, 0) is 48.0 Å². The summed E-state index contributed by atoms with van der Waals surface area (Å²) in [6.45, 7) is 1.12. The molecule has 9 heteroatoms. The van der Waals surface area contributed by atoms with Crippen molar-refractivity contribution in [3.8, 4) is 11.4 Å². The molecule has 4 aromatic rings. The summed E-state index contributed by atoms with van der Waals surface area (Å²) in [7, 11) is 1.36. The van der Waals surface area contributed by atoms with Gasteiger partial charge in [-0.3, -0.25) is 9.78 Å². The molecule has 8 nitrogen and oxygen atoms in total. The van der Waals surface area contributed by atoms with Crippen LogP contribution in [0.3, 0.4) is 0 Å². The fraction of sp³-hybridized carbons (Fsp3) is 0.179. The highest BCUT2D eigenvalue weighted by molar-refractivity contribution is 5.96. The van der Waals surface area contributed by atoms with Crippen molar-refractivity contribution < 1.29 is 23.5 Å². The third-order valence-corrected chi connectivity index (χ3v) is 6.08. The number of hydrogen-bond donors (Lipinski definition) is 1. The lowest BCUT2D eigenvalue weighted by Gasteiger charge is -2.41. The zero-order valence-corrected chi connectivity index (χ0v) is 20.1. The third-order valence-electron chi connectivity index (χ3n) is 6.08. The Bertz CT molecular complexity index is 1400. The average Bonchev–Trinajstić information content (AvgIpc) is 3.42. The Labute approximate surface area is 213 Å². The first-order valence-electron chi connectivity index (χ1n) is 11.8. The summed E-state index contributed by atoms with van der Waals surface area (Å²) < 4.78 is 27.5. The predicted octanol–water partition coefficient (Wildman–Crippen LogP) is 4.25. The molecule has 2 aromatic carbocycles. The molecule has 2 aromatic heterocycles. The highest BCUT2D eigenvalue weighted by Gasteiger charge is 2.32. The fourth-order valence-electron chi connectivity index (χ4n) is 4.27. The van der Waals surface area contributed by atoms with Crippen LogP contribution in [0.15, 0.2) is 85.5 Å². The van der Waals surface area contributed by atoms with Crippen LogP contribution < -0.4 is 15.0 Å². The quantitative estimate of drug-likeness (QED) is 0.364. The molecular weight excluding hydrogens is 475 g/mol. The predicted molar refractivity (Wildman–Crippen MR) is 137 cm³/mol. The fourth-order valence-corrected chi connectivity index (χ4v) is 4.27.